The molecule has 0 aliphatic rings. The third kappa shape index (κ3) is 5.42. The van der Waals surface area contributed by atoms with Gasteiger partial charge in [-0.2, -0.15) is 0 Å². The molecular weight excluding hydrogens is 310 g/mol. The quantitative estimate of drug-likeness (QED) is 0.385. The first-order valence-electron chi connectivity index (χ1n) is 8.52. The van der Waals surface area contributed by atoms with Crippen molar-refractivity contribution in [3.63, 3.8) is 0 Å². The Morgan fingerprint density at radius 1 is 1.20 bits per heavy atom. The molecule has 0 bridgehead atoms. The molecule has 25 heavy (non-hydrogen) atoms. The van der Waals surface area contributed by atoms with Crippen LogP contribution < -0.4 is 0 Å². The van der Waals surface area contributed by atoms with Crippen molar-refractivity contribution in [2.45, 2.75) is 26.2 Å². The zero-order valence-electron chi connectivity index (χ0n) is 14.9. The fraction of sp³-hybridized carbons (Fsp3) is 0.273. The van der Waals surface area contributed by atoms with Gasteiger partial charge in [0.15, 0.2) is 0 Å². The number of aromatic nitrogens is 1. The van der Waals surface area contributed by atoms with E-state index >= 15 is 0 Å². The summed E-state index contributed by atoms with van der Waals surface area (Å²) >= 11 is 0. The number of pyridine rings is 1. The molecule has 3 heteroatoms. The minimum Gasteiger partial charge on any atom is -0.469 e. The normalized spacial score (nSPS) is 12.5. The molecule has 130 valence electrons. The van der Waals surface area contributed by atoms with E-state index in [9.17, 15) is 4.79 Å². The summed E-state index contributed by atoms with van der Waals surface area (Å²) in [6.07, 6.45) is 8.39. The number of carbonyl (C=O) groups excluding carboxylic acids is 1. The molecule has 0 saturated carbocycles. The molecule has 0 saturated heterocycles. The molecule has 1 heterocycles. The van der Waals surface area contributed by atoms with Gasteiger partial charge in [0.2, 0.25) is 0 Å². The summed E-state index contributed by atoms with van der Waals surface area (Å²) in [6, 6.07) is 14.3. The van der Waals surface area contributed by atoms with Gasteiger partial charge >= 0.3 is 5.97 Å². The van der Waals surface area contributed by atoms with Crippen LogP contribution in [0.5, 0.6) is 0 Å². The largest absolute Gasteiger partial charge is 0.469 e. The molecule has 0 N–H and O–H groups in total. The van der Waals surface area contributed by atoms with E-state index < -0.39 is 0 Å². The Hall–Kier alpha value is -2.68. The van der Waals surface area contributed by atoms with Crippen molar-refractivity contribution in [1.29, 1.82) is 0 Å². The molecule has 0 aliphatic carbocycles. The second-order valence-corrected chi connectivity index (χ2v) is 6.08. The van der Waals surface area contributed by atoms with E-state index in [4.69, 9.17) is 4.74 Å². The van der Waals surface area contributed by atoms with Gasteiger partial charge < -0.3 is 4.74 Å². The lowest BCUT2D eigenvalue weighted by molar-refractivity contribution is -0.144. The van der Waals surface area contributed by atoms with E-state index in [1.807, 2.05) is 37.4 Å². The van der Waals surface area contributed by atoms with Gasteiger partial charge in [-0.1, -0.05) is 54.6 Å². The van der Waals surface area contributed by atoms with Crippen LogP contribution in [0.25, 0.3) is 5.57 Å². The maximum atomic E-state index is 11.8. The summed E-state index contributed by atoms with van der Waals surface area (Å²) in [5.74, 6) is -0.427. The summed E-state index contributed by atoms with van der Waals surface area (Å²) < 4.78 is 4.87. The Bertz CT molecular complexity index is 679. The summed E-state index contributed by atoms with van der Waals surface area (Å²) in [7, 11) is 1.42. The van der Waals surface area contributed by atoms with E-state index in [1.165, 1.54) is 18.2 Å². The number of unbranched alkanes of at least 4 members (excludes halogenated alkanes) is 1. The van der Waals surface area contributed by atoms with Crippen molar-refractivity contribution in [3.05, 3.63) is 84.2 Å². The van der Waals surface area contributed by atoms with Crippen LogP contribution >= 0.6 is 0 Å². The number of hydrogen-bond donors (Lipinski definition) is 0. The number of hydrogen-bond acceptors (Lipinski definition) is 3. The first kappa shape index (κ1) is 18.7. The Kier molecular flexibility index (Phi) is 7.15. The highest BCUT2D eigenvalue weighted by Crippen LogP contribution is 2.25. The number of esters is 1. The van der Waals surface area contributed by atoms with Crippen molar-refractivity contribution < 1.29 is 9.53 Å². The second kappa shape index (κ2) is 9.58. The van der Waals surface area contributed by atoms with Gasteiger partial charge in [0.05, 0.1) is 13.0 Å². The monoisotopic (exact) mass is 335 g/mol. The highest BCUT2D eigenvalue weighted by atomic mass is 16.5. The molecule has 0 aliphatic heterocycles. The van der Waals surface area contributed by atoms with Gasteiger partial charge in [0.1, 0.15) is 0 Å². The molecule has 0 spiro atoms. The van der Waals surface area contributed by atoms with E-state index in [1.54, 1.807) is 6.20 Å². The van der Waals surface area contributed by atoms with Crippen molar-refractivity contribution >= 4 is 11.5 Å². The van der Waals surface area contributed by atoms with Crippen LogP contribution in [0, 0.1) is 5.92 Å². The molecule has 1 aromatic heterocycles. The smallest absolute Gasteiger partial charge is 0.312 e. The van der Waals surface area contributed by atoms with Crippen molar-refractivity contribution in [1.82, 2.24) is 4.98 Å². The van der Waals surface area contributed by atoms with Gasteiger partial charge in [-0.15, -0.1) is 0 Å². The first-order chi connectivity index (χ1) is 12.1. The standard InChI is InChI=1S/C22H25NO2/c1-17(2)20(22(24)25-3)13-7-8-14-21(18-10-5-4-6-11-18)19-12-9-15-23-16-19/h4-6,9-12,14-16,20H,1,7-8,13H2,2-3H3. The lowest BCUT2D eigenvalue weighted by atomic mass is 9.93. The molecule has 0 radical (unpaired) electrons. The molecule has 3 nitrogen and oxygen atoms in total. The first-order valence-corrected chi connectivity index (χ1v) is 8.52. The van der Waals surface area contributed by atoms with Crippen LogP contribution in [0.2, 0.25) is 0 Å². The SMILES string of the molecule is C=C(C)C(CCCC=C(c1ccccc1)c1cccnc1)C(=O)OC. The van der Waals surface area contributed by atoms with Crippen LogP contribution in [-0.4, -0.2) is 18.1 Å². The number of benzene rings is 1. The van der Waals surface area contributed by atoms with E-state index in [-0.39, 0.29) is 11.9 Å². The predicted octanol–water partition coefficient (Wildman–Crippen LogP) is 5.05. The lowest BCUT2D eigenvalue weighted by Gasteiger charge is -2.14. The summed E-state index contributed by atoms with van der Waals surface area (Å²) in [5, 5.41) is 0. The Morgan fingerprint density at radius 3 is 2.52 bits per heavy atom. The van der Waals surface area contributed by atoms with Gasteiger partial charge in [0, 0.05) is 18.0 Å². The molecule has 0 amide bonds. The zero-order valence-corrected chi connectivity index (χ0v) is 14.9. The van der Waals surface area contributed by atoms with E-state index in [2.05, 4.69) is 35.8 Å². The van der Waals surface area contributed by atoms with Gasteiger partial charge in [0.25, 0.3) is 0 Å². The number of carbonyl (C=O) groups is 1. The van der Waals surface area contributed by atoms with Crippen molar-refractivity contribution in [2.24, 2.45) is 5.92 Å². The third-order valence-electron chi connectivity index (χ3n) is 4.18. The summed E-state index contributed by atoms with van der Waals surface area (Å²) in [6.45, 7) is 5.79. The Balaban J connectivity index is 2.11. The topological polar surface area (TPSA) is 39.2 Å². The van der Waals surface area contributed by atoms with Crippen LogP contribution in [-0.2, 0) is 9.53 Å². The summed E-state index contributed by atoms with van der Waals surface area (Å²) in [5.41, 5.74) is 4.28. The van der Waals surface area contributed by atoms with Gasteiger partial charge in [-0.3, -0.25) is 9.78 Å². The average Bonchev–Trinajstić information content (AvgIpc) is 2.65. The number of rotatable bonds is 8. The molecular formula is C22H25NO2. The molecule has 1 unspecified atom stereocenters. The highest BCUT2D eigenvalue weighted by molar-refractivity contribution is 5.79. The fourth-order valence-corrected chi connectivity index (χ4v) is 2.82. The minimum atomic E-state index is -0.225. The molecule has 0 fully saturated rings. The number of methoxy groups -OCH3 is 1. The van der Waals surface area contributed by atoms with E-state index in [0.29, 0.717) is 0 Å². The predicted molar refractivity (Wildman–Crippen MR) is 102 cm³/mol. The maximum absolute atomic E-state index is 11.8. The van der Waals surface area contributed by atoms with Gasteiger partial charge in [-0.05, 0) is 43.4 Å². The van der Waals surface area contributed by atoms with E-state index in [0.717, 1.165) is 30.4 Å². The number of ether oxygens (including phenoxy) is 1. The second-order valence-electron chi connectivity index (χ2n) is 6.08. The minimum absolute atomic E-state index is 0.202. The molecule has 2 aromatic rings. The Morgan fingerprint density at radius 2 is 1.92 bits per heavy atom. The number of nitrogens with zero attached hydrogens (tertiary/aromatic N) is 1. The fourth-order valence-electron chi connectivity index (χ4n) is 2.82. The zero-order chi connectivity index (χ0) is 18.1. The Labute approximate surface area is 150 Å². The molecule has 1 atom stereocenters. The van der Waals surface area contributed by atoms with Crippen LogP contribution in [0.1, 0.15) is 37.3 Å². The number of allylic oxidation sites excluding steroid dienone is 1. The third-order valence-corrected chi connectivity index (χ3v) is 4.18. The summed E-state index contributed by atoms with van der Waals surface area (Å²) in [4.78, 5) is 16.0. The molecule has 1 aromatic carbocycles. The van der Waals surface area contributed by atoms with Crippen molar-refractivity contribution in [3.8, 4) is 0 Å². The van der Waals surface area contributed by atoms with Gasteiger partial charge in [-0.25, -0.2) is 0 Å². The van der Waals surface area contributed by atoms with Crippen LogP contribution in [0.15, 0.2) is 73.1 Å². The van der Waals surface area contributed by atoms with Crippen LogP contribution in [0.4, 0.5) is 0 Å². The maximum Gasteiger partial charge on any atom is 0.312 e. The van der Waals surface area contributed by atoms with Crippen LogP contribution in [0.3, 0.4) is 0 Å². The molecule has 2 rings (SSSR count). The average molecular weight is 335 g/mol. The highest BCUT2D eigenvalue weighted by Gasteiger charge is 2.19. The lowest BCUT2D eigenvalue weighted by Crippen LogP contribution is -2.16. The van der Waals surface area contributed by atoms with Crippen molar-refractivity contribution in [2.75, 3.05) is 7.11 Å².